The Balaban J connectivity index is 1.45. The van der Waals surface area contributed by atoms with Crippen molar-refractivity contribution in [2.24, 2.45) is 5.10 Å². The van der Waals surface area contributed by atoms with E-state index < -0.39 is 0 Å². The van der Waals surface area contributed by atoms with Gasteiger partial charge in [-0.2, -0.15) is 5.10 Å². The number of hydrazone groups is 1. The number of carbonyl (C=O) groups is 2. The molecule has 3 heterocycles. The standard InChI is InChI=1S/C23H22Cl2N4O4/c1-2-28(13-21(30)26-23-15(24)6-3-7-16(23)25)14-22(31)29-18(20-9-5-11-33-20)12-17(27-29)19-8-4-10-32-19/h3-11,18H,2,12-14H2,1H3,(H,26,30). The lowest BCUT2D eigenvalue weighted by Gasteiger charge is -2.24. The second-order valence-electron chi connectivity index (χ2n) is 7.45. The van der Waals surface area contributed by atoms with Gasteiger partial charge in [-0.05, 0) is 42.9 Å². The molecule has 4 rings (SSSR count). The first-order valence-electron chi connectivity index (χ1n) is 10.4. The summed E-state index contributed by atoms with van der Waals surface area (Å²) >= 11 is 12.3. The molecule has 3 aromatic rings. The third kappa shape index (κ3) is 5.30. The molecular weight excluding hydrogens is 467 g/mol. The van der Waals surface area contributed by atoms with Crippen LogP contribution in [0.25, 0.3) is 0 Å². The Bertz CT molecular complexity index is 1130. The second-order valence-corrected chi connectivity index (χ2v) is 8.26. The normalized spacial score (nSPS) is 15.7. The lowest BCUT2D eigenvalue weighted by molar-refractivity contribution is -0.134. The number of halogens is 2. The number of likely N-dealkylation sites (N-methyl/N-ethyl adjacent to an activating group) is 1. The van der Waals surface area contributed by atoms with Crippen molar-refractivity contribution in [3.05, 3.63) is 76.6 Å². The summed E-state index contributed by atoms with van der Waals surface area (Å²) in [6, 6.07) is 11.7. The molecule has 1 unspecified atom stereocenters. The van der Waals surface area contributed by atoms with Crippen LogP contribution in [0.1, 0.15) is 30.9 Å². The fourth-order valence-corrected chi connectivity index (χ4v) is 4.07. The van der Waals surface area contributed by atoms with Crippen molar-refractivity contribution in [2.75, 3.05) is 25.0 Å². The Hall–Kier alpha value is -3.07. The molecule has 0 aliphatic carbocycles. The number of carbonyl (C=O) groups excluding carboxylic acids is 2. The quantitative estimate of drug-likeness (QED) is 0.490. The molecule has 1 aliphatic heterocycles. The summed E-state index contributed by atoms with van der Waals surface area (Å²) in [6.07, 6.45) is 3.59. The van der Waals surface area contributed by atoms with Crippen LogP contribution in [0.2, 0.25) is 10.0 Å². The summed E-state index contributed by atoms with van der Waals surface area (Å²) in [4.78, 5) is 27.5. The number of hydrogen-bond acceptors (Lipinski definition) is 6. The molecule has 2 aromatic heterocycles. The highest BCUT2D eigenvalue weighted by Crippen LogP contribution is 2.33. The summed E-state index contributed by atoms with van der Waals surface area (Å²) in [5.74, 6) is 0.639. The van der Waals surface area contributed by atoms with E-state index in [0.717, 1.165) is 0 Å². The highest BCUT2D eigenvalue weighted by molar-refractivity contribution is 6.39. The van der Waals surface area contributed by atoms with Crippen molar-refractivity contribution >= 4 is 46.4 Å². The van der Waals surface area contributed by atoms with E-state index >= 15 is 0 Å². The number of anilines is 1. The average molecular weight is 489 g/mol. The Morgan fingerprint density at radius 2 is 1.82 bits per heavy atom. The number of amides is 2. The van der Waals surface area contributed by atoms with Crippen molar-refractivity contribution in [2.45, 2.75) is 19.4 Å². The van der Waals surface area contributed by atoms with Gasteiger partial charge in [-0.3, -0.25) is 14.5 Å². The summed E-state index contributed by atoms with van der Waals surface area (Å²) in [5.41, 5.74) is 1.00. The first kappa shape index (κ1) is 23.1. The number of hydrogen-bond donors (Lipinski definition) is 1. The minimum absolute atomic E-state index is 0.00762. The van der Waals surface area contributed by atoms with Gasteiger partial charge in [0.05, 0.1) is 41.3 Å². The zero-order valence-corrected chi connectivity index (χ0v) is 19.3. The first-order chi connectivity index (χ1) is 16.0. The second kappa shape index (κ2) is 10.2. The first-order valence-corrected chi connectivity index (χ1v) is 11.1. The SMILES string of the molecule is CCN(CC(=O)Nc1c(Cl)cccc1Cl)CC(=O)N1N=C(c2ccco2)CC1c1ccco1. The zero-order chi connectivity index (χ0) is 23.4. The van der Waals surface area contributed by atoms with Crippen molar-refractivity contribution in [1.29, 1.82) is 0 Å². The van der Waals surface area contributed by atoms with Crippen molar-refractivity contribution in [3.8, 4) is 0 Å². The smallest absolute Gasteiger partial charge is 0.257 e. The topological polar surface area (TPSA) is 91.3 Å². The largest absolute Gasteiger partial charge is 0.467 e. The van der Waals surface area contributed by atoms with Gasteiger partial charge in [-0.25, -0.2) is 5.01 Å². The van der Waals surface area contributed by atoms with Crippen molar-refractivity contribution in [3.63, 3.8) is 0 Å². The molecule has 172 valence electrons. The molecule has 0 saturated carbocycles. The highest BCUT2D eigenvalue weighted by atomic mass is 35.5. The van der Waals surface area contributed by atoms with Crippen LogP contribution in [0, 0.1) is 0 Å². The number of rotatable bonds is 8. The Morgan fingerprint density at radius 3 is 2.45 bits per heavy atom. The van der Waals surface area contributed by atoms with Crippen LogP contribution in [0.4, 0.5) is 5.69 Å². The third-order valence-electron chi connectivity index (χ3n) is 5.24. The Labute approximate surface area is 200 Å². The van der Waals surface area contributed by atoms with Crippen molar-refractivity contribution in [1.82, 2.24) is 9.91 Å². The van der Waals surface area contributed by atoms with Gasteiger partial charge in [0.2, 0.25) is 5.91 Å². The third-order valence-corrected chi connectivity index (χ3v) is 5.87. The predicted octanol–water partition coefficient (Wildman–Crippen LogP) is 4.82. The van der Waals surface area contributed by atoms with Gasteiger partial charge in [0.1, 0.15) is 23.3 Å². The minimum Gasteiger partial charge on any atom is -0.467 e. The number of benzene rings is 1. The van der Waals surface area contributed by atoms with E-state index in [0.29, 0.717) is 45.9 Å². The fraction of sp³-hybridized carbons (Fsp3) is 0.261. The number of nitrogens with zero attached hydrogens (tertiary/aromatic N) is 3. The van der Waals surface area contributed by atoms with E-state index in [1.807, 2.05) is 13.0 Å². The lowest BCUT2D eigenvalue weighted by atomic mass is 10.1. The van der Waals surface area contributed by atoms with E-state index in [9.17, 15) is 9.59 Å². The molecule has 0 saturated heterocycles. The fourth-order valence-electron chi connectivity index (χ4n) is 3.58. The maximum atomic E-state index is 13.2. The van der Waals surface area contributed by atoms with Crippen LogP contribution in [0.15, 0.2) is 68.9 Å². The maximum Gasteiger partial charge on any atom is 0.257 e. The van der Waals surface area contributed by atoms with Gasteiger partial charge in [-0.1, -0.05) is 36.2 Å². The summed E-state index contributed by atoms with van der Waals surface area (Å²) < 4.78 is 11.0. The molecule has 33 heavy (non-hydrogen) atoms. The van der Waals surface area contributed by atoms with Gasteiger partial charge in [0.15, 0.2) is 0 Å². The number of nitrogens with one attached hydrogen (secondary N) is 1. The molecule has 1 N–H and O–H groups in total. The van der Waals surface area contributed by atoms with Crippen LogP contribution in [0.3, 0.4) is 0 Å². The highest BCUT2D eigenvalue weighted by Gasteiger charge is 2.36. The maximum absolute atomic E-state index is 13.2. The summed E-state index contributed by atoms with van der Waals surface area (Å²) in [7, 11) is 0. The summed E-state index contributed by atoms with van der Waals surface area (Å²) in [5, 5.41) is 9.32. The van der Waals surface area contributed by atoms with Crippen LogP contribution in [0.5, 0.6) is 0 Å². The molecule has 0 fully saturated rings. The van der Waals surface area contributed by atoms with Gasteiger partial charge >= 0.3 is 0 Å². The molecule has 10 heteroatoms. The molecule has 8 nitrogen and oxygen atoms in total. The molecule has 1 aromatic carbocycles. The number of furan rings is 2. The van der Waals surface area contributed by atoms with Crippen LogP contribution < -0.4 is 5.32 Å². The lowest BCUT2D eigenvalue weighted by Crippen LogP contribution is -2.41. The average Bonchev–Trinajstić information content (AvgIpc) is 3.56. The van der Waals surface area contributed by atoms with Crippen LogP contribution >= 0.6 is 23.2 Å². The van der Waals surface area contributed by atoms with Crippen molar-refractivity contribution < 1.29 is 18.4 Å². The van der Waals surface area contributed by atoms with E-state index in [1.165, 1.54) is 5.01 Å². The molecular formula is C23H22Cl2N4O4. The van der Waals surface area contributed by atoms with Crippen LogP contribution in [-0.2, 0) is 9.59 Å². The van der Waals surface area contributed by atoms with Gasteiger partial charge < -0.3 is 14.2 Å². The molecule has 1 aliphatic rings. The molecule has 0 radical (unpaired) electrons. The van der Waals surface area contributed by atoms with E-state index in [-0.39, 0.29) is 30.9 Å². The molecule has 0 bridgehead atoms. The molecule has 2 amide bonds. The molecule has 0 spiro atoms. The zero-order valence-electron chi connectivity index (χ0n) is 17.8. The minimum atomic E-state index is -0.387. The van der Waals surface area contributed by atoms with Gasteiger partial charge in [0, 0.05) is 6.42 Å². The Kier molecular flexibility index (Phi) is 7.17. The van der Waals surface area contributed by atoms with Gasteiger partial charge in [-0.15, -0.1) is 0 Å². The number of para-hydroxylation sites is 1. The predicted molar refractivity (Wildman–Crippen MR) is 125 cm³/mol. The monoisotopic (exact) mass is 488 g/mol. The molecule has 1 atom stereocenters. The van der Waals surface area contributed by atoms with Crippen LogP contribution in [-0.4, -0.2) is 47.1 Å². The summed E-state index contributed by atoms with van der Waals surface area (Å²) in [6.45, 7) is 2.32. The van der Waals surface area contributed by atoms with E-state index in [4.69, 9.17) is 32.0 Å². The Morgan fingerprint density at radius 1 is 1.09 bits per heavy atom. The van der Waals surface area contributed by atoms with E-state index in [2.05, 4.69) is 10.4 Å². The van der Waals surface area contributed by atoms with Gasteiger partial charge in [0.25, 0.3) is 5.91 Å². The van der Waals surface area contributed by atoms with E-state index in [1.54, 1.807) is 53.8 Å².